The van der Waals surface area contributed by atoms with E-state index in [9.17, 15) is 14.7 Å². The molecule has 2 aromatic carbocycles. The zero-order valence-corrected chi connectivity index (χ0v) is 12.2. The second kappa shape index (κ2) is 5.15. The topological polar surface area (TPSA) is 63.6 Å². The summed E-state index contributed by atoms with van der Waals surface area (Å²) in [5, 5.41) is 10.1. The van der Waals surface area contributed by atoms with Crippen LogP contribution in [0.3, 0.4) is 0 Å². The summed E-state index contributed by atoms with van der Waals surface area (Å²) in [6.07, 6.45) is 1.65. The molecular formula is C18H14O4. The standard InChI is InChI=1S/C18H14O4/c1-10-4-3-5-11(6-10)17(20)15-8-12-7-14(18(21)22-2)13(12)9-16(15)19/h3-9,19H,1-2H3. The highest BCUT2D eigenvalue weighted by molar-refractivity contribution is 6.28. The Morgan fingerprint density at radius 2 is 1.91 bits per heavy atom. The van der Waals surface area contributed by atoms with Gasteiger partial charge in [0.1, 0.15) is 5.75 Å². The Labute approximate surface area is 127 Å². The van der Waals surface area contributed by atoms with E-state index in [0.717, 1.165) is 11.1 Å². The number of benzene rings is 2. The fourth-order valence-electron chi connectivity index (χ4n) is 2.52. The SMILES string of the molecule is COC(=O)C1=Cc2cc(C(=O)c3cccc(C)c3)c(O)cc21. The number of carbonyl (C=O) groups excluding carboxylic acids is 2. The zero-order chi connectivity index (χ0) is 15.9. The molecule has 1 N–H and O–H groups in total. The Hall–Kier alpha value is -2.88. The molecule has 0 saturated carbocycles. The van der Waals surface area contributed by atoms with Gasteiger partial charge in [0, 0.05) is 5.56 Å². The summed E-state index contributed by atoms with van der Waals surface area (Å²) < 4.78 is 4.66. The molecule has 0 fully saturated rings. The molecule has 2 aromatic rings. The van der Waals surface area contributed by atoms with Gasteiger partial charge < -0.3 is 9.84 Å². The Morgan fingerprint density at radius 1 is 1.14 bits per heavy atom. The number of hydrogen-bond donors (Lipinski definition) is 1. The highest BCUT2D eigenvalue weighted by Gasteiger charge is 2.26. The summed E-state index contributed by atoms with van der Waals surface area (Å²) in [5.74, 6) is -0.840. The molecule has 4 heteroatoms. The van der Waals surface area contributed by atoms with E-state index in [4.69, 9.17) is 0 Å². The van der Waals surface area contributed by atoms with Crippen molar-refractivity contribution in [2.24, 2.45) is 0 Å². The number of phenols is 1. The first-order chi connectivity index (χ1) is 10.5. The fraction of sp³-hybridized carbons (Fsp3) is 0.111. The third-order valence-corrected chi connectivity index (χ3v) is 3.69. The van der Waals surface area contributed by atoms with Crippen molar-refractivity contribution in [2.75, 3.05) is 7.11 Å². The van der Waals surface area contributed by atoms with Crippen LogP contribution in [0, 0.1) is 6.92 Å². The third kappa shape index (κ3) is 2.19. The second-order valence-corrected chi connectivity index (χ2v) is 5.20. The van der Waals surface area contributed by atoms with Crippen molar-refractivity contribution in [1.82, 2.24) is 0 Å². The van der Waals surface area contributed by atoms with E-state index in [-0.39, 0.29) is 17.1 Å². The first-order valence-corrected chi connectivity index (χ1v) is 6.80. The van der Waals surface area contributed by atoms with Gasteiger partial charge in [0.15, 0.2) is 5.78 Å². The quantitative estimate of drug-likeness (QED) is 0.698. The van der Waals surface area contributed by atoms with Crippen LogP contribution in [-0.4, -0.2) is 24.0 Å². The Kier molecular flexibility index (Phi) is 3.29. The number of methoxy groups -OCH3 is 1. The van der Waals surface area contributed by atoms with Crippen molar-refractivity contribution in [3.63, 3.8) is 0 Å². The highest BCUT2D eigenvalue weighted by Crippen LogP contribution is 2.38. The van der Waals surface area contributed by atoms with Gasteiger partial charge in [0.2, 0.25) is 0 Å². The van der Waals surface area contributed by atoms with Gasteiger partial charge >= 0.3 is 5.97 Å². The largest absolute Gasteiger partial charge is 0.507 e. The van der Waals surface area contributed by atoms with Crippen LogP contribution >= 0.6 is 0 Å². The molecule has 0 radical (unpaired) electrons. The summed E-state index contributed by atoms with van der Waals surface area (Å²) >= 11 is 0. The molecule has 4 nitrogen and oxygen atoms in total. The Bertz CT molecular complexity index is 831. The first-order valence-electron chi connectivity index (χ1n) is 6.80. The number of phenolic OH excluding ortho intramolecular Hbond substituents is 1. The third-order valence-electron chi connectivity index (χ3n) is 3.69. The van der Waals surface area contributed by atoms with E-state index in [2.05, 4.69) is 4.74 Å². The van der Waals surface area contributed by atoms with Gasteiger partial charge in [0.25, 0.3) is 0 Å². The lowest BCUT2D eigenvalue weighted by Gasteiger charge is -2.19. The van der Waals surface area contributed by atoms with E-state index in [1.807, 2.05) is 13.0 Å². The zero-order valence-electron chi connectivity index (χ0n) is 12.2. The molecule has 0 heterocycles. The molecule has 0 aliphatic heterocycles. The molecule has 0 spiro atoms. The van der Waals surface area contributed by atoms with Crippen molar-refractivity contribution in [2.45, 2.75) is 6.92 Å². The molecule has 0 amide bonds. The molecule has 1 aliphatic rings. The van der Waals surface area contributed by atoms with Crippen molar-refractivity contribution < 1.29 is 19.4 Å². The molecule has 0 aromatic heterocycles. The summed E-state index contributed by atoms with van der Waals surface area (Å²) in [6, 6.07) is 10.2. The number of aromatic hydroxyl groups is 1. The predicted octanol–water partition coefficient (Wildman–Crippen LogP) is 2.96. The van der Waals surface area contributed by atoms with E-state index in [1.54, 1.807) is 30.3 Å². The molecule has 0 unspecified atom stereocenters. The average molecular weight is 294 g/mol. The average Bonchev–Trinajstić information content (AvgIpc) is 2.49. The molecule has 0 atom stereocenters. The van der Waals surface area contributed by atoms with Gasteiger partial charge in [0.05, 0.1) is 18.2 Å². The van der Waals surface area contributed by atoms with Gasteiger partial charge in [-0.3, -0.25) is 4.79 Å². The minimum Gasteiger partial charge on any atom is -0.507 e. The van der Waals surface area contributed by atoms with Crippen LogP contribution in [0.1, 0.15) is 32.6 Å². The first kappa shape index (κ1) is 14.1. The number of ether oxygens (including phenoxy) is 1. The number of esters is 1. The maximum atomic E-state index is 12.5. The molecule has 110 valence electrons. The van der Waals surface area contributed by atoms with Crippen LogP contribution in [-0.2, 0) is 9.53 Å². The number of aryl methyl sites for hydroxylation is 1. The maximum Gasteiger partial charge on any atom is 0.338 e. The summed E-state index contributed by atoms with van der Waals surface area (Å²) in [6.45, 7) is 1.90. The lowest BCUT2D eigenvalue weighted by atomic mass is 9.85. The van der Waals surface area contributed by atoms with Crippen LogP contribution in [0.5, 0.6) is 5.75 Å². The number of rotatable bonds is 3. The molecule has 1 aliphatic carbocycles. The molecule has 22 heavy (non-hydrogen) atoms. The van der Waals surface area contributed by atoms with Crippen LogP contribution < -0.4 is 0 Å². The predicted molar refractivity (Wildman–Crippen MR) is 82.6 cm³/mol. The lowest BCUT2D eigenvalue weighted by molar-refractivity contribution is -0.133. The number of hydrogen-bond acceptors (Lipinski definition) is 4. The van der Waals surface area contributed by atoms with Crippen molar-refractivity contribution >= 4 is 23.4 Å². The Balaban J connectivity index is 1.98. The van der Waals surface area contributed by atoms with Crippen molar-refractivity contribution in [1.29, 1.82) is 0 Å². The monoisotopic (exact) mass is 294 g/mol. The minimum absolute atomic E-state index is 0.139. The van der Waals surface area contributed by atoms with Gasteiger partial charge in [-0.15, -0.1) is 0 Å². The van der Waals surface area contributed by atoms with Crippen LogP contribution in [0.15, 0.2) is 36.4 Å². The van der Waals surface area contributed by atoms with Crippen molar-refractivity contribution in [3.05, 3.63) is 64.2 Å². The van der Waals surface area contributed by atoms with E-state index in [0.29, 0.717) is 16.7 Å². The van der Waals surface area contributed by atoms with Gasteiger partial charge in [-0.05, 0) is 42.3 Å². The number of fused-ring (bicyclic) bond motifs is 1. The van der Waals surface area contributed by atoms with E-state index in [1.165, 1.54) is 13.2 Å². The molecular weight excluding hydrogens is 280 g/mol. The normalized spacial score (nSPS) is 12.0. The van der Waals surface area contributed by atoms with Crippen LogP contribution in [0.25, 0.3) is 11.6 Å². The van der Waals surface area contributed by atoms with Gasteiger partial charge in [-0.2, -0.15) is 0 Å². The smallest absolute Gasteiger partial charge is 0.338 e. The van der Waals surface area contributed by atoms with E-state index < -0.39 is 5.97 Å². The maximum absolute atomic E-state index is 12.5. The lowest BCUT2D eigenvalue weighted by Crippen LogP contribution is -2.12. The summed E-state index contributed by atoms with van der Waals surface area (Å²) in [4.78, 5) is 24.0. The second-order valence-electron chi connectivity index (χ2n) is 5.20. The summed E-state index contributed by atoms with van der Waals surface area (Å²) in [7, 11) is 1.30. The van der Waals surface area contributed by atoms with E-state index >= 15 is 0 Å². The highest BCUT2D eigenvalue weighted by atomic mass is 16.5. The van der Waals surface area contributed by atoms with Crippen LogP contribution in [0.2, 0.25) is 0 Å². The molecule has 0 bridgehead atoms. The summed E-state index contributed by atoms with van der Waals surface area (Å²) in [5.41, 5.74) is 3.47. The number of carbonyl (C=O) groups is 2. The van der Waals surface area contributed by atoms with Crippen LogP contribution in [0.4, 0.5) is 0 Å². The minimum atomic E-state index is -0.454. The van der Waals surface area contributed by atoms with Gasteiger partial charge in [-0.1, -0.05) is 23.8 Å². The Morgan fingerprint density at radius 3 is 2.59 bits per heavy atom. The molecule has 3 rings (SSSR count). The van der Waals surface area contributed by atoms with Gasteiger partial charge in [-0.25, -0.2) is 4.79 Å². The number of ketones is 1. The fourth-order valence-corrected chi connectivity index (χ4v) is 2.52. The van der Waals surface area contributed by atoms with Crippen molar-refractivity contribution in [3.8, 4) is 5.75 Å². The molecule has 0 saturated heterocycles.